The van der Waals surface area contributed by atoms with E-state index in [1.54, 1.807) is 24.3 Å². The lowest BCUT2D eigenvalue weighted by atomic mass is 9.94. The number of carbonyl (C=O) groups is 2. The SMILES string of the molecule is COc1ccc(S(=O)(=O)Nc2ccc(C3(C(=O)NCCc4ccccc4)CC3)cc2)cc1.O=C(O)C(F)(F)F. The molecule has 0 aromatic heterocycles. The Bertz CT molecular complexity index is 1370. The van der Waals surface area contributed by atoms with Gasteiger partial charge in [-0.05, 0) is 66.8 Å². The maximum atomic E-state index is 12.8. The van der Waals surface area contributed by atoms with Crippen LogP contribution in [0.25, 0.3) is 0 Å². The molecule has 39 heavy (non-hydrogen) atoms. The van der Waals surface area contributed by atoms with Gasteiger partial charge >= 0.3 is 12.1 Å². The minimum absolute atomic E-state index is 0.0278. The first-order valence-electron chi connectivity index (χ1n) is 11.8. The zero-order valence-corrected chi connectivity index (χ0v) is 21.7. The number of carboxylic acid groups (broad SMARTS) is 1. The summed E-state index contributed by atoms with van der Waals surface area (Å²) in [6, 6.07) is 23.3. The second kappa shape index (κ2) is 12.2. The number of nitrogens with one attached hydrogen (secondary N) is 2. The molecule has 3 aromatic carbocycles. The Balaban J connectivity index is 0.000000532. The zero-order valence-electron chi connectivity index (χ0n) is 20.9. The second-order valence-electron chi connectivity index (χ2n) is 8.73. The number of anilines is 1. The molecule has 0 spiro atoms. The summed E-state index contributed by atoms with van der Waals surface area (Å²) in [7, 11) is -2.18. The average Bonchev–Trinajstić information content (AvgIpc) is 3.72. The third kappa shape index (κ3) is 7.96. The Hall–Kier alpha value is -4.06. The van der Waals surface area contributed by atoms with Crippen molar-refractivity contribution in [3.8, 4) is 5.75 Å². The van der Waals surface area contributed by atoms with Gasteiger partial charge in [-0.1, -0.05) is 42.5 Å². The molecule has 3 N–H and O–H groups in total. The highest BCUT2D eigenvalue weighted by Crippen LogP contribution is 2.48. The van der Waals surface area contributed by atoms with Crippen LogP contribution in [-0.2, 0) is 31.4 Å². The number of benzene rings is 3. The lowest BCUT2D eigenvalue weighted by Crippen LogP contribution is -2.35. The fourth-order valence-corrected chi connectivity index (χ4v) is 4.79. The van der Waals surface area contributed by atoms with Crippen LogP contribution in [-0.4, -0.2) is 45.2 Å². The number of amides is 1. The molecule has 208 valence electrons. The van der Waals surface area contributed by atoms with Crippen LogP contribution in [0, 0.1) is 0 Å². The zero-order chi connectivity index (χ0) is 28.7. The monoisotopic (exact) mass is 564 g/mol. The van der Waals surface area contributed by atoms with Crippen LogP contribution in [0.1, 0.15) is 24.0 Å². The summed E-state index contributed by atoms with van der Waals surface area (Å²) < 4.78 is 64.6. The van der Waals surface area contributed by atoms with Crippen LogP contribution in [0.5, 0.6) is 5.75 Å². The van der Waals surface area contributed by atoms with Gasteiger partial charge < -0.3 is 15.2 Å². The first-order valence-corrected chi connectivity index (χ1v) is 13.3. The van der Waals surface area contributed by atoms with Gasteiger partial charge in [0.05, 0.1) is 17.4 Å². The Morgan fingerprint density at radius 2 is 1.51 bits per heavy atom. The Morgan fingerprint density at radius 3 is 2.00 bits per heavy atom. The molecule has 1 fully saturated rings. The standard InChI is InChI=1S/C25H26N2O4S.C2HF3O2/c1-31-22-11-13-23(14-12-22)32(29,30)27-21-9-7-20(8-10-21)25(16-17-25)24(28)26-18-15-19-5-3-2-4-6-19;3-2(4,5)1(6)7/h2-14,27H,15-18H2,1H3,(H,26,28);(H,6,7). The van der Waals surface area contributed by atoms with Crippen LogP contribution < -0.4 is 14.8 Å². The van der Waals surface area contributed by atoms with Crippen molar-refractivity contribution in [2.24, 2.45) is 0 Å². The number of hydrogen-bond donors (Lipinski definition) is 3. The molecule has 0 bridgehead atoms. The van der Waals surface area contributed by atoms with E-state index in [1.807, 2.05) is 42.5 Å². The number of methoxy groups -OCH3 is 1. The molecular formula is C27H27F3N2O6S. The third-order valence-corrected chi connectivity index (χ3v) is 7.43. The summed E-state index contributed by atoms with van der Waals surface area (Å²) in [6.45, 7) is 0.588. The molecule has 0 unspecified atom stereocenters. The number of aliphatic carboxylic acids is 1. The molecule has 3 aromatic rings. The van der Waals surface area contributed by atoms with Crippen molar-refractivity contribution < 1.29 is 41.0 Å². The molecule has 1 amide bonds. The minimum atomic E-state index is -5.08. The summed E-state index contributed by atoms with van der Waals surface area (Å²) in [5, 5.41) is 10.2. The molecule has 12 heteroatoms. The molecule has 1 aliphatic rings. The molecule has 4 rings (SSSR count). The number of hydrogen-bond acceptors (Lipinski definition) is 5. The van der Waals surface area contributed by atoms with Crippen molar-refractivity contribution in [3.63, 3.8) is 0 Å². The van der Waals surface area contributed by atoms with Crippen LogP contribution in [0.3, 0.4) is 0 Å². The van der Waals surface area contributed by atoms with E-state index in [1.165, 1.54) is 24.8 Å². The van der Waals surface area contributed by atoms with Gasteiger partial charge in [-0.25, -0.2) is 13.2 Å². The summed E-state index contributed by atoms with van der Waals surface area (Å²) in [5.41, 5.74) is 2.03. The number of carboxylic acids is 1. The Labute approximate surface area is 223 Å². The minimum Gasteiger partial charge on any atom is -0.497 e. The van der Waals surface area contributed by atoms with Crippen molar-refractivity contribution in [2.75, 3.05) is 18.4 Å². The molecule has 1 aliphatic carbocycles. The van der Waals surface area contributed by atoms with Gasteiger partial charge in [0.2, 0.25) is 5.91 Å². The number of ether oxygens (including phenoxy) is 1. The van der Waals surface area contributed by atoms with Gasteiger partial charge in [0, 0.05) is 12.2 Å². The number of rotatable bonds is 9. The summed E-state index contributed by atoms with van der Waals surface area (Å²) in [5.74, 6) is -2.14. The Kier molecular flexibility index (Phi) is 9.23. The van der Waals surface area contributed by atoms with Crippen molar-refractivity contribution in [1.82, 2.24) is 5.32 Å². The smallest absolute Gasteiger partial charge is 0.490 e. The van der Waals surface area contributed by atoms with E-state index in [0.29, 0.717) is 18.0 Å². The number of sulfonamides is 1. The van der Waals surface area contributed by atoms with Gasteiger partial charge in [-0.15, -0.1) is 0 Å². The maximum Gasteiger partial charge on any atom is 0.490 e. The van der Waals surface area contributed by atoms with Crippen LogP contribution >= 0.6 is 0 Å². The van der Waals surface area contributed by atoms with Gasteiger partial charge in [-0.2, -0.15) is 13.2 Å². The van der Waals surface area contributed by atoms with Crippen LogP contribution in [0.4, 0.5) is 18.9 Å². The molecule has 0 radical (unpaired) electrons. The molecule has 8 nitrogen and oxygen atoms in total. The maximum absolute atomic E-state index is 12.8. The summed E-state index contributed by atoms with van der Waals surface area (Å²) in [6.07, 6.45) is -2.71. The third-order valence-electron chi connectivity index (χ3n) is 6.03. The van der Waals surface area contributed by atoms with Crippen LogP contribution in [0.2, 0.25) is 0 Å². The topological polar surface area (TPSA) is 122 Å². The van der Waals surface area contributed by atoms with E-state index in [9.17, 15) is 26.4 Å². The quantitative estimate of drug-likeness (QED) is 0.351. The van der Waals surface area contributed by atoms with Crippen molar-refractivity contribution in [1.29, 1.82) is 0 Å². The summed E-state index contributed by atoms with van der Waals surface area (Å²) in [4.78, 5) is 21.9. The van der Waals surface area contributed by atoms with Gasteiger partial charge in [-0.3, -0.25) is 9.52 Å². The second-order valence-corrected chi connectivity index (χ2v) is 10.4. The van der Waals surface area contributed by atoms with E-state index in [2.05, 4.69) is 10.0 Å². The van der Waals surface area contributed by atoms with Gasteiger partial charge in [0.25, 0.3) is 10.0 Å². The Morgan fingerprint density at radius 1 is 0.949 bits per heavy atom. The van der Waals surface area contributed by atoms with Crippen molar-refractivity contribution >= 4 is 27.6 Å². The highest BCUT2D eigenvalue weighted by molar-refractivity contribution is 7.92. The first-order chi connectivity index (χ1) is 18.4. The molecule has 1 saturated carbocycles. The number of halogens is 3. The van der Waals surface area contributed by atoms with E-state index in [4.69, 9.17) is 14.6 Å². The predicted molar refractivity (Wildman–Crippen MR) is 138 cm³/mol. The average molecular weight is 565 g/mol. The number of carbonyl (C=O) groups excluding carboxylic acids is 1. The van der Waals surface area contributed by atoms with Crippen molar-refractivity contribution in [2.45, 2.75) is 35.7 Å². The highest BCUT2D eigenvalue weighted by Gasteiger charge is 2.51. The molecule has 0 aliphatic heterocycles. The molecule has 0 heterocycles. The van der Waals surface area contributed by atoms with E-state index in [-0.39, 0.29) is 10.8 Å². The largest absolute Gasteiger partial charge is 0.497 e. The van der Waals surface area contributed by atoms with Crippen LogP contribution in [0.15, 0.2) is 83.8 Å². The van der Waals surface area contributed by atoms with Crippen molar-refractivity contribution in [3.05, 3.63) is 90.0 Å². The molecule has 0 saturated heterocycles. The lowest BCUT2D eigenvalue weighted by Gasteiger charge is -2.17. The van der Waals surface area contributed by atoms with Gasteiger partial charge in [0.15, 0.2) is 0 Å². The highest BCUT2D eigenvalue weighted by atomic mass is 32.2. The normalized spacial score (nSPS) is 13.8. The fourth-order valence-electron chi connectivity index (χ4n) is 3.73. The van der Waals surface area contributed by atoms with E-state index in [0.717, 1.165) is 24.8 Å². The summed E-state index contributed by atoms with van der Waals surface area (Å²) >= 11 is 0. The molecular weight excluding hydrogens is 537 g/mol. The lowest BCUT2D eigenvalue weighted by molar-refractivity contribution is -0.192. The number of alkyl halides is 3. The van der Waals surface area contributed by atoms with Gasteiger partial charge in [0.1, 0.15) is 5.75 Å². The fraction of sp³-hybridized carbons (Fsp3) is 0.259. The first kappa shape index (κ1) is 29.5. The molecule has 0 atom stereocenters. The van der Waals surface area contributed by atoms with E-state index < -0.39 is 27.6 Å². The predicted octanol–water partition coefficient (Wildman–Crippen LogP) is 4.52. The van der Waals surface area contributed by atoms with E-state index >= 15 is 0 Å².